The molecule has 1 saturated carbocycles. The van der Waals surface area contributed by atoms with Crippen LogP contribution < -0.4 is 10.6 Å². The normalized spacial score (nSPS) is 16.8. The molecule has 18 heavy (non-hydrogen) atoms. The summed E-state index contributed by atoms with van der Waals surface area (Å²) in [5.74, 6) is 1.07. The predicted octanol–water partition coefficient (Wildman–Crippen LogP) is 1.95. The Morgan fingerprint density at radius 3 is 2.78 bits per heavy atom. The van der Waals surface area contributed by atoms with Gasteiger partial charge in [0.25, 0.3) is 0 Å². The Labute approximate surface area is 116 Å². The van der Waals surface area contributed by atoms with Crippen molar-refractivity contribution in [1.29, 1.82) is 0 Å². The largest absolute Gasteiger partial charge is 0.395 e. The number of hydrogen-bond acceptors (Lipinski definition) is 5. The summed E-state index contributed by atoms with van der Waals surface area (Å²) in [6.45, 7) is 0.701. The molecule has 0 aliphatic heterocycles. The van der Waals surface area contributed by atoms with Crippen molar-refractivity contribution in [1.82, 2.24) is 9.97 Å². The molecule has 6 heteroatoms. The fourth-order valence-electron chi connectivity index (χ4n) is 2.53. The van der Waals surface area contributed by atoms with Crippen molar-refractivity contribution >= 4 is 27.7 Å². The highest BCUT2D eigenvalue weighted by Gasteiger charge is 2.23. The molecule has 1 aromatic heterocycles. The molecule has 1 fully saturated rings. The lowest BCUT2D eigenvalue weighted by Gasteiger charge is -2.35. The Balaban J connectivity index is 2.24. The molecule has 0 aromatic carbocycles. The van der Waals surface area contributed by atoms with E-state index < -0.39 is 0 Å². The quantitative estimate of drug-likeness (QED) is 0.888. The molecule has 100 valence electrons. The molecule has 1 aromatic rings. The molecule has 0 bridgehead atoms. The average Bonchev–Trinajstić information content (AvgIpc) is 2.40. The van der Waals surface area contributed by atoms with Gasteiger partial charge in [0, 0.05) is 18.8 Å². The van der Waals surface area contributed by atoms with Gasteiger partial charge in [0.1, 0.15) is 5.82 Å². The van der Waals surface area contributed by atoms with Crippen molar-refractivity contribution in [2.75, 3.05) is 23.8 Å². The van der Waals surface area contributed by atoms with Crippen LogP contribution >= 0.6 is 15.9 Å². The predicted molar refractivity (Wildman–Crippen MR) is 75.4 cm³/mol. The first-order chi connectivity index (χ1) is 8.72. The minimum atomic E-state index is 0.118. The molecule has 5 nitrogen and oxygen atoms in total. The fourth-order valence-corrected chi connectivity index (χ4v) is 2.95. The van der Waals surface area contributed by atoms with Gasteiger partial charge in [-0.15, -0.1) is 0 Å². The third-order valence-electron chi connectivity index (χ3n) is 3.37. The summed E-state index contributed by atoms with van der Waals surface area (Å²) < 4.78 is 0.829. The first kappa shape index (κ1) is 13.5. The lowest BCUT2D eigenvalue weighted by molar-refractivity contribution is 0.289. The highest BCUT2D eigenvalue weighted by molar-refractivity contribution is 9.10. The molecule has 1 aliphatic rings. The van der Waals surface area contributed by atoms with Gasteiger partial charge in [-0.25, -0.2) is 4.98 Å². The van der Waals surface area contributed by atoms with E-state index in [0.717, 1.165) is 23.1 Å². The first-order valence-electron chi connectivity index (χ1n) is 6.38. The van der Waals surface area contributed by atoms with Crippen molar-refractivity contribution in [2.45, 2.75) is 38.1 Å². The lowest BCUT2D eigenvalue weighted by atomic mass is 9.94. The molecule has 1 heterocycles. The van der Waals surface area contributed by atoms with Gasteiger partial charge in [0.15, 0.2) is 0 Å². The maximum Gasteiger partial charge on any atom is 0.222 e. The third kappa shape index (κ3) is 3.11. The standard InChI is InChI=1S/C12H19BrN4O/c13-10-8-15-12(14)16-11(10)17(6-7-18)9-4-2-1-3-5-9/h8-9,18H,1-7H2,(H2,14,15,16). The average molecular weight is 315 g/mol. The molecule has 0 amide bonds. The molecule has 0 atom stereocenters. The summed E-state index contributed by atoms with van der Waals surface area (Å²) in [5.41, 5.74) is 5.66. The van der Waals surface area contributed by atoms with Gasteiger partial charge in [-0.3, -0.25) is 0 Å². The zero-order valence-corrected chi connectivity index (χ0v) is 11.9. The number of anilines is 2. The van der Waals surface area contributed by atoms with Crippen molar-refractivity contribution in [3.05, 3.63) is 10.7 Å². The highest BCUT2D eigenvalue weighted by Crippen LogP contribution is 2.30. The molecule has 3 N–H and O–H groups in total. The van der Waals surface area contributed by atoms with Gasteiger partial charge in [-0.2, -0.15) is 4.98 Å². The van der Waals surface area contributed by atoms with Gasteiger partial charge in [-0.05, 0) is 28.8 Å². The van der Waals surface area contributed by atoms with E-state index in [9.17, 15) is 5.11 Å². The molecular formula is C12H19BrN4O. The Morgan fingerprint density at radius 1 is 1.39 bits per heavy atom. The molecule has 0 unspecified atom stereocenters. The fraction of sp³-hybridized carbons (Fsp3) is 0.667. The topological polar surface area (TPSA) is 75.3 Å². The van der Waals surface area contributed by atoms with Crippen LogP contribution in [-0.2, 0) is 0 Å². The second-order valence-electron chi connectivity index (χ2n) is 4.61. The maximum atomic E-state index is 9.26. The number of aromatic nitrogens is 2. The number of aliphatic hydroxyl groups excluding tert-OH is 1. The van der Waals surface area contributed by atoms with E-state index in [1.165, 1.54) is 19.3 Å². The van der Waals surface area contributed by atoms with Gasteiger partial charge in [0.2, 0.25) is 5.95 Å². The van der Waals surface area contributed by atoms with E-state index in [2.05, 4.69) is 30.8 Å². The van der Waals surface area contributed by atoms with E-state index in [-0.39, 0.29) is 12.6 Å². The second kappa shape index (κ2) is 6.33. The van der Waals surface area contributed by atoms with Crippen molar-refractivity contribution in [3.8, 4) is 0 Å². The van der Waals surface area contributed by atoms with Crippen LogP contribution in [-0.4, -0.2) is 34.3 Å². The van der Waals surface area contributed by atoms with Crippen molar-refractivity contribution in [3.63, 3.8) is 0 Å². The number of aliphatic hydroxyl groups is 1. The minimum absolute atomic E-state index is 0.118. The SMILES string of the molecule is Nc1ncc(Br)c(N(CCO)C2CCCCC2)n1. The lowest BCUT2D eigenvalue weighted by Crippen LogP contribution is -2.39. The summed E-state index contributed by atoms with van der Waals surface area (Å²) >= 11 is 3.46. The first-order valence-corrected chi connectivity index (χ1v) is 7.17. The number of rotatable bonds is 4. The van der Waals surface area contributed by atoms with Crippen LogP contribution in [0.5, 0.6) is 0 Å². The zero-order chi connectivity index (χ0) is 13.0. The summed E-state index contributed by atoms with van der Waals surface area (Å²) in [6, 6.07) is 0.441. The summed E-state index contributed by atoms with van der Waals surface area (Å²) in [6.07, 6.45) is 7.75. The Morgan fingerprint density at radius 2 is 2.11 bits per heavy atom. The van der Waals surface area contributed by atoms with Crippen molar-refractivity contribution in [2.24, 2.45) is 0 Å². The second-order valence-corrected chi connectivity index (χ2v) is 5.46. The van der Waals surface area contributed by atoms with Gasteiger partial charge >= 0.3 is 0 Å². The Bertz CT molecular complexity index is 396. The van der Waals surface area contributed by atoms with Crippen LogP contribution in [0.1, 0.15) is 32.1 Å². The highest BCUT2D eigenvalue weighted by atomic mass is 79.9. The summed E-state index contributed by atoms with van der Waals surface area (Å²) in [4.78, 5) is 10.4. The molecule has 1 aliphatic carbocycles. The molecule has 0 spiro atoms. The number of nitrogens with zero attached hydrogens (tertiary/aromatic N) is 3. The molecule has 2 rings (SSSR count). The Hall–Kier alpha value is -0.880. The van der Waals surface area contributed by atoms with Crippen LogP contribution in [0.4, 0.5) is 11.8 Å². The summed E-state index contributed by atoms with van der Waals surface area (Å²) in [5, 5.41) is 9.26. The number of nitrogen functional groups attached to an aromatic ring is 1. The number of hydrogen-bond donors (Lipinski definition) is 2. The summed E-state index contributed by atoms with van der Waals surface area (Å²) in [7, 11) is 0. The van der Waals surface area contributed by atoms with Gasteiger partial charge in [-0.1, -0.05) is 19.3 Å². The van der Waals surface area contributed by atoms with E-state index in [0.29, 0.717) is 12.6 Å². The van der Waals surface area contributed by atoms with Crippen LogP contribution in [0.15, 0.2) is 10.7 Å². The van der Waals surface area contributed by atoms with Gasteiger partial charge < -0.3 is 15.7 Å². The number of halogens is 1. The van der Waals surface area contributed by atoms with E-state index in [1.54, 1.807) is 6.20 Å². The van der Waals surface area contributed by atoms with E-state index in [1.807, 2.05) is 0 Å². The monoisotopic (exact) mass is 314 g/mol. The van der Waals surface area contributed by atoms with Crippen LogP contribution in [0.25, 0.3) is 0 Å². The van der Waals surface area contributed by atoms with E-state index in [4.69, 9.17) is 5.73 Å². The molecule has 0 saturated heterocycles. The third-order valence-corrected chi connectivity index (χ3v) is 3.93. The van der Waals surface area contributed by atoms with Crippen LogP contribution in [0.3, 0.4) is 0 Å². The minimum Gasteiger partial charge on any atom is -0.395 e. The van der Waals surface area contributed by atoms with Crippen LogP contribution in [0, 0.1) is 0 Å². The molecular weight excluding hydrogens is 296 g/mol. The van der Waals surface area contributed by atoms with Crippen molar-refractivity contribution < 1.29 is 5.11 Å². The maximum absolute atomic E-state index is 9.26. The zero-order valence-electron chi connectivity index (χ0n) is 10.3. The Kier molecular flexibility index (Phi) is 4.77. The number of nitrogens with two attached hydrogens (primary N) is 1. The van der Waals surface area contributed by atoms with E-state index >= 15 is 0 Å². The smallest absolute Gasteiger partial charge is 0.222 e. The van der Waals surface area contributed by atoms with Crippen LogP contribution in [0.2, 0.25) is 0 Å². The molecule has 0 radical (unpaired) electrons. The van der Waals surface area contributed by atoms with Gasteiger partial charge in [0.05, 0.1) is 11.1 Å².